The summed E-state index contributed by atoms with van der Waals surface area (Å²) in [6.07, 6.45) is 13.7. The summed E-state index contributed by atoms with van der Waals surface area (Å²) >= 11 is 0. The maximum absolute atomic E-state index is 12.8. The molecule has 39 heavy (non-hydrogen) atoms. The number of aromatic nitrogens is 4. The first-order chi connectivity index (χ1) is 19.2. The van der Waals surface area contributed by atoms with Gasteiger partial charge in [-0.15, -0.1) is 0 Å². The van der Waals surface area contributed by atoms with E-state index in [1.807, 2.05) is 30.7 Å². The quantitative estimate of drug-likeness (QED) is 0.263. The Balaban J connectivity index is 1.10. The van der Waals surface area contributed by atoms with Crippen LogP contribution in [0.5, 0.6) is 0 Å². The van der Waals surface area contributed by atoms with Crippen LogP contribution in [0.4, 0.5) is 5.69 Å². The van der Waals surface area contributed by atoms with Crippen LogP contribution in [0.2, 0.25) is 0 Å². The zero-order chi connectivity index (χ0) is 26.2. The van der Waals surface area contributed by atoms with Crippen molar-refractivity contribution in [2.24, 2.45) is 11.8 Å². The highest BCUT2D eigenvalue weighted by atomic mass is 16.1. The minimum absolute atomic E-state index is 0.0550. The van der Waals surface area contributed by atoms with Crippen LogP contribution in [0, 0.1) is 11.8 Å². The van der Waals surface area contributed by atoms with Gasteiger partial charge in [0.15, 0.2) is 0 Å². The number of hydrogen-bond acceptors (Lipinski definition) is 7. The van der Waals surface area contributed by atoms with Gasteiger partial charge in [0.25, 0.3) is 0 Å². The average molecular weight is 523 g/mol. The number of imidazole rings is 1. The summed E-state index contributed by atoms with van der Waals surface area (Å²) in [5.41, 5.74) is 13.1. The van der Waals surface area contributed by atoms with Crippen LogP contribution in [0.25, 0.3) is 22.2 Å². The van der Waals surface area contributed by atoms with Crippen LogP contribution in [-0.4, -0.2) is 38.4 Å². The smallest absolute Gasteiger partial charge is 0.227 e. The number of H-pyrrole nitrogens is 1. The number of hydrazine groups is 1. The van der Waals surface area contributed by atoms with Gasteiger partial charge in [0.1, 0.15) is 5.82 Å². The first kappa shape index (κ1) is 24.4. The SMILES string of the molecule is O=C(Nc1cncc(C2CC3C(CN2)NNC3c2nc3c(-c4ccncc4)cccc3[nH]2)c1)C1CCCCC1. The van der Waals surface area contributed by atoms with Gasteiger partial charge in [0.05, 0.1) is 29.0 Å². The molecule has 1 aromatic carbocycles. The van der Waals surface area contributed by atoms with Gasteiger partial charge >= 0.3 is 0 Å². The van der Waals surface area contributed by atoms with Gasteiger partial charge in [0, 0.05) is 54.6 Å². The van der Waals surface area contributed by atoms with Gasteiger partial charge in [-0.3, -0.25) is 20.2 Å². The van der Waals surface area contributed by atoms with Gasteiger partial charge in [-0.05, 0) is 54.7 Å². The summed E-state index contributed by atoms with van der Waals surface area (Å²) in [4.78, 5) is 30.1. The van der Waals surface area contributed by atoms with Gasteiger partial charge in [-0.1, -0.05) is 31.4 Å². The minimum Gasteiger partial charge on any atom is -0.341 e. The normalized spacial score (nSPS) is 25.4. The van der Waals surface area contributed by atoms with E-state index >= 15 is 0 Å². The number of nitrogens with zero attached hydrogens (tertiary/aromatic N) is 3. The Morgan fingerprint density at radius 2 is 1.85 bits per heavy atom. The number of para-hydroxylation sites is 1. The van der Waals surface area contributed by atoms with E-state index < -0.39 is 0 Å². The van der Waals surface area contributed by atoms with Crippen LogP contribution in [-0.2, 0) is 4.79 Å². The van der Waals surface area contributed by atoms with Crippen LogP contribution in [0.1, 0.15) is 62.0 Å². The van der Waals surface area contributed by atoms with Gasteiger partial charge in [-0.25, -0.2) is 10.4 Å². The van der Waals surface area contributed by atoms with Crippen LogP contribution in [0.15, 0.2) is 61.2 Å². The fraction of sp³-hybridized carbons (Fsp3) is 0.400. The van der Waals surface area contributed by atoms with Crippen molar-refractivity contribution >= 4 is 22.6 Å². The third kappa shape index (κ3) is 4.82. The van der Waals surface area contributed by atoms with Crippen molar-refractivity contribution in [1.82, 2.24) is 36.1 Å². The molecule has 1 aliphatic carbocycles. The Bertz CT molecular complexity index is 1460. The second-order valence-corrected chi connectivity index (χ2v) is 11.1. The lowest BCUT2D eigenvalue weighted by Crippen LogP contribution is -2.46. The van der Waals surface area contributed by atoms with E-state index in [9.17, 15) is 4.79 Å². The molecule has 4 unspecified atom stereocenters. The molecule has 4 aromatic rings. The van der Waals surface area contributed by atoms with Crippen molar-refractivity contribution in [3.05, 3.63) is 72.6 Å². The number of carbonyl (C=O) groups excluding carboxylic acids is 1. The molecule has 7 rings (SSSR count). The largest absolute Gasteiger partial charge is 0.341 e. The molecule has 9 nitrogen and oxygen atoms in total. The zero-order valence-corrected chi connectivity index (χ0v) is 21.9. The molecule has 1 amide bonds. The number of nitrogens with one attached hydrogen (secondary N) is 5. The topological polar surface area (TPSA) is 120 Å². The molecule has 1 saturated carbocycles. The lowest BCUT2D eigenvalue weighted by molar-refractivity contribution is -0.120. The number of anilines is 1. The number of fused-ring (bicyclic) bond motifs is 2. The number of piperidine rings is 1. The average Bonchev–Trinajstić information content (AvgIpc) is 3.62. The predicted octanol–water partition coefficient (Wildman–Crippen LogP) is 4.41. The van der Waals surface area contributed by atoms with Crippen molar-refractivity contribution in [3.8, 4) is 11.1 Å². The molecule has 0 bridgehead atoms. The highest BCUT2D eigenvalue weighted by Crippen LogP contribution is 2.39. The molecule has 2 aliphatic heterocycles. The molecule has 3 fully saturated rings. The lowest BCUT2D eigenvalue weighted by atomic mass is 9.82. The second-order valence-electron chi connectivity index (χ2n) is 11.1. The minimum atomic E-state index is 0.0550. The number of hydrogen-bond donors (Lipinski definition) is 5. The molecule has 4 atom stereocenters. The maximum Gasteiger partial charge on any atom is 0.227 e. The summed E-state index contributed by atoms with van der Waals surface area (Å²) in [6.45, 7) is 0.833. The van der Waals surface area contributed by atoms with Crippen LogP contribution in [0.3, 0.4) is 0 Å². The highest BCUT2D eigenvalue weighted by molar-refractivity contribution is 5.93. The van der Waals surface area contributed by atoms with Crippen molar-refractivity contribution in [1.29, 1.82) is 0 Å². The van der Waals surface area contributed by atoms with E-state index in [0.717, 1.165) is 77.9 Å². The number of pyridine rings is 2. The van der Waals surface area contributed by atoms with Crippen molar-refractivity contribution in [2.75, 3.05) is 11.9 Å². The molecule has 0 spiro atoms. The standard InChI is InChI=1S/C30H34N8O/c39-30(19-5-2-1-3-6-19)34-21-13-20(15-32-16-21)25-14-23-26(17-33-25)37-38-28(23)29-35-24-8-4-7-22(27(24)36-29)18-9-11-31-12-10-18/h4,7-13,15-16,19,23,25-26,28,33,37-38H,1-3,5-6,14,17H2,(H,34,39)(H,35,36). The molecule has 200 valence electrons. The Kier molecular flexibility index (Phi) is 6.56. The van der Waals surface area contributed by atoms with Crippen LogP contribution < -0.4 is 21.5 Å². The fourth-order valence-electron chi connectivity index (χ4n) is 6.58. The van der Waals surface area contributed by atoms with Crippen molar-refractivity contribution in [2.45, 2.75) is 56.7 Å². The first-order valence-corrected chi connectivity index (χ1v) is 14.1. The lowest BCUT2D eigenvalue weighted by Gasteiger charge is -2.34. The van der Waals surface area contributed by atoms with Crippen LogP contribution >= 0.6 is 0 Å². The molecule has 9 heteroatoms. The van der Waals surface area contributed by atoms with E-state index in [-0.39, 0.29) is 23.9 Å². The summed E-state index contributed by atoms with van der Waals surface area (Å²) in [5, 5.41) is 6.82. The predicted molar refractivity (Wildman–Crippen MR) is 150 cm³/mol. The molecular formula is C30H34N8O. The van der Waals surface area contributed by atoms with Crippen molar-refractivity contribution in [3.63, 3.8) is 0 Å². The van der Waals surface area contributed by atoms with Gasteiger partial charge < -0.3 is 15.6 Å². The molecule has 5 N–H and O–H groups in total. The number of amides is 1. The molecule has 2 saturated heterocycles. The summed E-state index contributed by atoms with van der Waals surface area (Å²) < 4.78 is 0. The second kappa shape index (κ2) is 10.5. The summed E-state index contributed by atoms with van der Waals surface area (Å²) in [7, 11) is 0. The van der Waals surface area contributed by atoms with Gasteiger partial charge in [0.2, 0.25) is 5.91 Å². The maximum atomic E-state index is 12.8. The molecule has 5 heterocycles. The van der Waals surface area contributed by atoms with Crippen molar-refractivity contribution < 1.29 is 4.79 Å². The summed E-state index contributed by atoms with van der Waals surface area (Å²) in [6, 6.07) is 12.9. The Hall–Kier alpha value is -3.66. The number of carbonyl (C=O) groups is 1. The molecule has 3 aliphatic rings. The van der Waals surface area contributed by atoms with E-state index in [1.165, 1.54) is 6.42 Å². The van der Waals surface area contributed by atoms with E-state index in [2.05, 4.69) is 60.7 Å². The molecule has 3 aromatic heterocycles. The Morgan fingerprint density at radius 1 is 0.974 bits per heavy atom. The first-order valence-electron chi connectivity index (χ1n) is 14.1. The molecular weight excluding hydrogens is 488 g/mol. The zero-order valence-electron chi connectivity index (χ0n) is 21.9. The Morgan fingerprint density at radius 3 is 2.72 bits per heavy atom. The van der Waals surface area contributed by atoms with E-state index in [0.29, 0.717) is 12.0 Å². The third-order valence-electron chi connectivity index (χ3n) is 8.68. The van der Waals surface area contributed by atoms with Gasteiger partial charge in [-0.2, -0.15) is 0 Å². The number of aromatic amines is 1. The third-order valence-corrected chi connectivity index (χ3v) is 8.68. The number of rotatable bonds is 5. The summed E-state index contributed by atoms with van der Waals surface area (Å²) in [5.74, 6) is 1.53. The van der Waals surface area contributed by atoms with E-state index in [1.54, 1.807) is 6.20 Å². The molecule has 0 radical (unpaired) electrons. The fourth-order valence-corrected chi connectivity index (χ4v) is 6.58. The number of benzene rings is 1. The highest BCUT2D eigenvalue weighted by Gasteiger charge is 2.42. The Labute approximate surface area is 227 Å². The van der Waals surface area contributed by atoms with E-state index in [4.69, 9.17) is 4.98 Å². The monoisotopic (exact) mass is 522 g/mol.